The molecule has 0 unspecified atom stereocenters. The number of aromatic nitrogens is 1. The van der Waals surface area contributed by atoms with Crippen molar-refractivity contribution >= 4 is 45.1 Å². The Balaban J connectivity index is 1.65. The van der Waals surface area contributed by atoms with E-state index in [1.54, 1.807) is 35.2 Å². The second kappa shape index (κ2) is 7.29. The summed E-state index contributed by atoms with van der Waals surface area (Å²) in [5, 5.41) is 21.9. The van der Waals surface area contributed by atoms with Gasteiger partial charge in [-0.3, -0.25) is 0 Å². The van der Waals surface area contributed by atoms with Crippen molar-refractivity contribution in [3.63, 3.8) is 0 Å². The molecule has 0 bridgehead atoms. The molecule has 2 heterocycles. The fraction of sp³-hybridized carbons (Fsp3) is 0.190. The van der Waals surface area contributed by atoms with Gasteiger partial charge in [-0.25, -0.2) is 0 Å². The van der Waals surface area contributed by atoms with Crippen molar-refractivity contribution in [2.45, 2.75) is 25.3 Å². The van der Waals surface area contributed by atoms with Gasteiger partial charge in [0.15, 0.2) is 0 Å². The summed E-state index contributed by atoms with van der Waals surface area (Å²) in [6, 6.07) is 11.0. The van der Waals surface area contributed by atoms with E-state index in [9.17, 15) is 10.2 Å². The van der Waals surface area contributed by atoms with E-state index in [4.69, 9.17) is 0 Å². The first-order chi connectivity index (χ1) is 13.1. The Morgan fingerprint density at radius 2 is 1.85 bits per heavy atom. The molecule has 4 rings (SSSR count). The van der Waals surface area contributed by atoms with E-state index in [0.717, 1.165) is 43.9 Å². The molecular formula is C21H21N2O2S2+. The number of hydrogen-bond acceptors (Lipinski definition) is 5. The van der Waals surface area contributed by atoms with Gasteiger partial charge < -0.3 is 15.1 Å². The number of fused-ring (bicyclic) bond motifs is 2. The van der Waals surface area contributed by atoms with E-state index in [1.807, 2.05) is 24.3 Å². The Bertz CT molecular complexity index is 1070. The number of rotatable bonds is 4. The van der Waals surface area contributed by atoms with Gasteiger partial charge in [-0.1, -0.05) is 29.2 Å². The monoisotopic (exact) mass is 397 g/mol. The van der Waals surface area contributed by atoms with Crippen LogP contribution in [-0.4, -0.2) is 16.8 Å². The van der Waals surface area contributed by atoms with Gasteiger partial charge in [0.2, 0.25) is 5.52 Å². The highest BCUT2D eigenvalue weighted by atomic mass is 32.2. The number of phenolic OH excluding ortho intramolecular Hbond substituents is 2. The molecule has 0 amide bonds. The van der Waals surface area contributed by atoms with Crippen LogP contribution in [0.5, 0.6) is 11.5 Å². The van der Waals surface area contributed by atoms with E-state index in [0.29, 0.717) is 11.5 Å². The van der Waals surface area contributed by atoms with Crippen LogP contribution in [0, 0.1) is 0 Å². The molecule has 0 aliphatic carbocycles. The average Bonchev–Trinajstić information content (AvgIpc) is 3.18. The number of aryl methyl sites for hydroxylation is 1. The summed E-state index contributed by atoms with van der Waals surface area (Å²) in [7, 11) is 0. The second-order valence-electron chi connectivity index (χ2n) is 6.20. The van der Waals surface area contributed by atoms with Crippen molar-refractivity contribution in [2.75, 3.05) is 11.4 Å². The maximum atomic E-state index is 9.78. The van der Waals surface area contributed by atoms with E-state index < -0.39 is 0 Å². The second-order valence-corrected chi connectivity index (χ2v) is 8.32. The molecule has 1 aromatic heterocycles. The van der Waals surface area contributed by atoms with Crippen LogP contribution in [0.15, 0.2) is 58.5 Å². The van der Waals surface area contributed by atoms with Crippen molar-refractivity contribution in [1.29, 1.82) is 0 Å². The van der Waals surface area contributed by atoms with Crippen LogP contribution in [0.4, 0.5) is 5.69 Å². The molecule has 6 heteroatoms. The lowest BCUT2D eigenvalue weighted by atomic mass is 10.2. The molecule has 2 N–H and O–H groups in total. The Morgan fingerprint density at radius 1 is 1.07 bits per heavy atom. The number of aromatic hydroxyl groups is 2. The van der Waals surface area contributed by atoms with E-state index in [1.165, 1.54) is 0 Å². The minimum absolute atomic E-state index is 0.294. The number of thiazole rings is 1. The zero-order valence-corrected chi connectivity index (χ0v) is 16.8. The Morgan fingerprint density at radius 3 is 2.63 bits per heavy atom. The zero-order valence-electron chi connectivity index (χ0n) is 15.2. The first-order valence-corrected chi connectivity index (χ1v) is 10.6. The third kappa shape index (κ3) is 3.31. The third-order valence-corrected chi connectivity index (χ3v) is 6.80. The lowest BCUT2D eigenvalue weighted by molar-refractivity contribution is -0.665. The largest absolute Gasteiger partial charge is 0.508 e. The highest BCUT2D eigenvalue weighted by Gasteiger charge is 2.24. The van der Waals surface area contributed by atoms with Crippen LogP contribution in [0.2, 0.25) is 0 Å². The number of anilines is 1. The van der Waals surface area contributed by atoms with E-state index >= 15 is 0 Å². The average molecular weight is 398 g/mol. The van der Waals surface area contributed by atoms with Gasteiger partial charge in [0.25, 0.3) is 5.01 Å². The lowest BCUT2D eigenvalue weighted by Crippen LogP contribution is -2.33. The summed E-state index contributed by atoms with van der Waals surface area (Å²) in [4.78, 5) is 3.37. The first-order valence-electron chi connectivity index (χ1n) is 8.92. The number of benzene rings is 2. The molecule has 1 aliphatic rings. The summed E-state index contributed by atoms with van der Waals surface area (Å²) < 4.78 is 3.37. The molecule has 138 valence electrons. The number of nitrogens with zero attached hydrogens (tertiary/aromatic N) is 2. The Hall–Kier alpha value is -2.44. The molecule has 4 nitrogen and oxygen atoms in total. The zero-order chi connectivity index (χ0) is 19.0. The van der Waals surface area contributed by atoms with Gasteiger partial charge in [0, 0.05) is 23.6 Å². The molecule has 0 fully saturated rings. The van der Waals surface area contributed by atoms with Gasteiger partial charge in [-0.05, 0) is 44.2 Å². The number of phenols is 2. The Labute approximate surface area is 166 Å². The summed E-state index contributed by atoms with van der Waals surface area (Å²) >= 11 is 3.44. The molecule has 27 heavy (non-hydrogen) atoms. The highest BCUT2D eigenvalue weighted by Crippen LogP contribution is 2.47. The van der Waals surface area contributed by atoms with E-state index in [-0.39, 0.29) is 0 Å². The predicted octanol–water partition coefficient (Wildman–Crippen LogP) is 5.11. The Kier molecular flexibility index (Phi) is 4.85. The lowest BCUT2D eigenvalue weighted by Gasteiger charge is -2.17. The van der Waals surface area contributed by atoms with Crippen LogP contribution in [0.25, 0.3) is 16.3 Å². The van der Waals surface area contributed by atoms with Crippen molar-refractivity contribution in [2.24, 2.45) is 0 Å². The fourth-order valence-corrected chi connectivity index (χ4v) is 5.53. The fourth-order valence-electron chi connectivity index (χ4n) is 3.29. The van der Waals surface area contributed by atoms with Gasteiger partial charge >= 0.3 is 0 Å². The molecule has 0 saturated heterocycles. The summed E-state index contributed by atoms with van der Waals surface area (Å²) in [6.07, 6.45) is 6.31. The predicted molar refractivity (Wildman–Crippen MR) is 113 cm³/mol. The number of hydrogen-bond donors (Lipinski definition) is 2. The van der Waals surface area contributed by atoms with Gasteiger partial charge in [-0.15, -0.1) is 0 Å². The normalized spacial score (nSPS) is 15.3. The summed E-state index contributed by atoms with van der Waals surface area (Å²) in [5.74, 6) is 0.587. The van der Waals surface area contributed by atoms with E-state index in [2.05, 4.69) is 41.5 Å². The maximum Gasteiger partial charge on any atom is 0.262 e. The molecule has 3 aromatic rings. The SMILES string of the molecule is CCN1C(=CC=Cc2sc3ccc(O)cc3[n+]2CC)Sc2ccc(O)cc21. The number of thioether (sulfide) groups is 1. The van der Waals surface area contributed by atoms with Crippen LogP contribution < -0.4 is 9.47 Å². The molecule has 0 radical (unpaired) electrons. The van der Waals surface area contributed by atoms with Gasteiger partial charge in [-0.2, -0.15) is 4.57 Å². The molecule has 0 saturated carbocycles. The van der Waals surface area contributed by atoms with Crippen LogP contribution in [0.3, 0.4) is 0 Å². The highest BCUT2D eigenvalue weighted by molar-refractivity contribution is 8.03. The minimum atomic E-state index is 0.294. The topological polar surface area (TPSA) is 47.6 Å². The van der Waals surface area contributed by atoms with Crippen LogP contribution in [-0.2, 0) is 6.54 Å². The summed E-state index contributed by atoms with van der Waals surface area (Å²) in [6.45, 7) is 5.92. The minimum Gasteiger partial charge on any atom is -0.508 e. The van der Waals surface area contributed by atoms with Gasteiger partial charge in [0.1, 0.15) is 22.7 Å². The van der Waals surface area contributed by atoms with Crippen molar-refractivity contribution in [3.8, 4) is 11.5 Å². The van der Waals surface area contributed by atoms with Crippen LogP contribution >= 0.6 is 23.1 Å². The summed E-state index contributed by atoms with van der Waals surface area (Å²) in [5.41, 5.74) is 2.12. The number of allylic oxidation sites excluding steroid dienone is 2. The van der Waals surface area contributed by atoms with Gasteiger partial charge in [0.05, 0.1) is 16.8 Å². The molecule has 0 spiro atoms. The molecule has 2 aromatic carbocycles. The molecule has 0 atom stereocenters. The molecule has 1 aliphatic heterocycles. The quantitative estimate of drug-likeness (QED) is 0.601. The smallest absolute Gasteiger partial charge is 0.262 e. The van der Waals surface area contributed by atoms with Crippen molar-refractivity contribution in [1.82, 2.24) is 0 Å². The third-order valence-electron chi connectivity index (χ3n) is 4.54. The van der Waals surface area contributed by atoms with Crippen LogP contribution in [0.1, 0.15) is 18.9 Å². The maximum absolute atomic E-state index is 9.78. The van der Waals surface area contributed by atoms with Crippen molar-refractivity contribution < 1.29 is 14.8 Å². The molecular weight excluding hydrogens is 376 g/mol. The van der Waals surface area contributed by atoms with Crippen molar-refractivity contribution in [3.05, 3.63) is 58.6 Å². The standard InChI is InChI=1S/C21H20N2O2S2/c1-3-22-16-12-14(24)8-10-18(16)26-20(22)6-5-7-21-23(4-2)17-13-15(25)9-11-19(17)27-21/h5-13H,3-4H2,1-2H3,(H-,24,25)/p+1. The first kappa shape index (κ1) is 17.9.